The number of hydrogen-bond acceptors (Lipinski definition) is 7. The average molecular weight is 431 g/mol. The number of unbranched alkanes of at least 4 members (excludes halogenated alkanes) is 1. The van der Waals surface area contributed by atoms with Crippen LogP contribution in [0.25, 0.3) is 0 Å². The van der Waals surface area contributed by atoms with Crippen molar-refractivity contribution in [2.45, 2.75) is 64.1 Å². The first-order chi connectivity index (χ1) is 14.0. The van der Waals surface area contributed by atoms with Crippen molar-refractivity contribution in [1.82, 2.24) is 16.0 Å². The van der Waals surface area contributed by atoms with Gasteiger partial charge in [-0.3, -0.25) is 19.2 Å². The zero-order valence-electron chi connectivity index (χ0n) is 17.3. The molecule has 172 valence electrons. The Hall–Kier alpha value is -2.73. The third-order valence-corrected chi connectivity index (χ3v) is 4.12. The number of carbonyl (C=O) groups excluding carboxylic acids is 3. The van der Waals surface area contributed by atoms with Crippen molar-refractivity contribution in [2.24, 2.45) is 17.4 Å². The van der Waals surface area contributed by atoms with E-state index in [9.17, 15) is 29.1 Å². The molecule has 9 N–H and O–H groups in total. The molecule has 0 aromatic carbocycles. The second-order valence-corrected chi connectivity index (χ2v) is 7.30. The van der Waals surface area contributed by atoms with Crippen LogP contribution in [0.4, 0.5) is 0 Å². The van der Waals surface area contributed by atoms with Crippen LogP contribution in [-0.4, -0.2) is 71.1 Å². The van der Waals surface area contributed by atoms with Crippen molar-refractivity contribution in [3.8, 4) is 0 Å². The minimum atomic E-state index is -1.44. The van der Waals surface area contributed by atoms with Crippen LogP contribution in [0, 0.1) is 5.92 Å². The maximum Gasteiger partial charge on any atom is 0.326 e. The van der Waals surface area contributed by atoms with Crippen molar-refractivity contribution in [3.63, 3.8) is 0 Å². The van der Waals surface area contributed by atoms with E-state index in [2.05, 4.69) is 16.0 Å². The highest BCUT2D eigenvalue weighted by atomic mass is 16.4. The summed E-state index contributed by atoms with van der Waals surface area (Å²) in [6.45, 7) is 3.53. The van der Waals surface area contributed by atoms with Crippen LogP contribution in [-0.2, 0) is 24.0 Å². The molecule has 0 aliphatic rings. The standard InChI is InChI=1S/C18H33N5O7/c1-10(2)7-13(18(29)30)23-16(27)11(5-3-4-6-19)22-17(28)12(8-15(25)26)21-14(24)9-20/h10-13H,3-9,19-20H2,1-2H3,(H,21,24)(H,22,28)(H,23,27)(H,25,26)(H,29,30). The van der Waals surface area contributed by atoms with Gasteiger partial charge in [-0.25, -0.2) is 4.79 Å². The lowest BCUT2D eigenvalue weighted by Crippen LogP contribution is -2.56. The Kier molecular flexibility index (Phi) is 13.0. The summed E-state index contributed by atoms with van der Waals surface area (Å²) in [5.41, 5.74) is 10.6. The Morgan fingerprint density at radius 1 is 0.833 bits per heavy atom. The molecule has 12 heteroatoms. The first-order valence-corrected chi connectivity index (χ1v) is 9.76. The number of rotatable bonds is 15. The van der Waals surface area contributed by atoms with E-state index in [-0.39, 0.29) is 18.8 Å². The molecule has 30 heavy (non-hydrogen) atoms. The first-order valence-electron chi connectivity index (χ1n) is 9.76. The van der Waals surface area contributed by atoms with Crippen LogP contribution >= 0.6 is 0 Å². The van der Waals surface area contributed by atoms with Crippen molar-refractivity contribution in [2.75, 3.05) is 13.1 Å². The van der Waals surface area contributed by atoms with Gasteiger partial charge in [-0.2, -0.15) is 0 Å². The van der Waals surface area contributed by atoms with E-state index < -0.39 is 60.8 Å². The van der Waals surface area contributed by atoms with Gasteiger partial charge in [0, 0.05) is 0 Å². The maximum atomic E-state index is 12.6. The van der Waals surface area contributed by atoms with Crippen LogP contribution in [0.5, 0.6) is 0 Å². The van der Waals surface area contributed by atoms with Gasteiger partial charge in [0.05, 0.1) is 13.0 Å². The molecule has 0 fully saturated rings. The second kappa shape index (κ2) is 14.3. The Bertz CT molecular complexity index is 612. The van der Waals surface area contributed by atoms with Crippen LogP contribution in [0.15, 0.2) is 0 Å². The molecular weight excluding hydrogens is 398 g/mol. The van der Waals surface area contributed by atoms with Gasteiger partial charge < -0.3 is 37.6 Å². The quantitative estimate of drug-likeness (QED) is 0.144. The first kappa shape index (κ1) is 27.3. The van der Waals surface area contributed by atoms with Gasteiger partial charge in [-0.05, 0) is 38.1 Å². The number of carboxylic acid groups (broad SMARTS) is 2. The molecule has 0 aliphatic carbocycles. The molecule has 3 amide bonds. The van der Waals surface area contributed by atoms with Crippen LogP contribution < -0.4 is 27.4 Å². The Morgan fingerprint density at radius 2 is 1.40 bits per heavy atom. The Morgan fingerprint density at radius 3 is 1.87 bits per heavy atom. The molecular formula is C18H33N5O7. The van der Waals surface area contributed by atoms with Gasteiger partial charge in [0.15, 0.2) is 0 Å². The number of aliphatic carboxylic acids is 2. The third-order valence-electron chi connectivity index (χ3n) is 4.12. The predicted molar refractivity (Wildman–Crippen MR) is 107 cm³/mol. The average Bonchev–Trinajstić information content (AvgIpc) is 2.65. The molecule has 0 heterocycles. The molecule has 0 radical (unpaired) electrons. The lowest BCUT2D eigenvalue weighted by molar-refractivity contribution is -0.143. The van der Waals surface area contributed by atoms with Crippen LogP contribution in [0.3, 0.4) is 0 Å². The number of nitrogens with two attached hydrogens (primary N) is 2. The van der Waals surface area contributed by atoms with E-state index >= 15 is 0 Å². The lowest BCUT2D eigenvalue weighted by atomic mass is 10.0. The summed E-state index contributed by atoms with van der Waals surface area (Å²) >= 11 is 0. The summed E-state index contributed by atoms with van der Waals surface area (Å²) in [5.74, 6) is -4.87. The fraction of sp³-hybridized carbons (Fsp3) is 0.722. The summed E-state index contributed by atoms with van der Waals surface area (Å²) in [4.78, 5) is 59.1. The molecule has 0 spiro atoms. The maximum absolute atomic E-state index is 12.6. The fourth-order valence-electron chi connectivity index (χ4n) is 2.64. The van der Waals surface area contributed by atoms with Crippen LogP contribution in [0.1, 0.15) is 46.0 Å². The Labute approximate surface area is 175 Å². The topological polar surface area (TPSA) is 214 Å². The van der Waals surface area contributed by atoms with E-state index in [1.54, 1.807) is 13.8 Å². The van der Waals surface area contributed by atoms with Crippen molar-refractivity contribution in [3.05, 3.63) is 0 Å². The molecule has 0 aromatic heterocycles. The zero-order valence-corrected chi connectivity index (χ0v) is 17.3. The normalized spacial score (nSPS) is 13.8. The van der Waals surface area contributed by atoms with E-state index in [4.69, 9.17) is 16.6 Å². The van der Waals surface area contributed by atoms with Crippen LogP contribution in [0.2, 0.25) is 0 Å². The number of amides is 3. The van der Waals surface area contributed by atoms with Gasteiger partial charge in [0.1, 0.15) is 18.1 Å². The highest BCUT2D eigenvalue weighted by Gasteiger charge is 2.30. The van der Waals surface area contributed by atoms with Crippen molar-refractivity contribution in [1.29, 1.82) is 0 Å². The summed E-state index contributed by atoms with van der Waals surface area (Å²) in [6.07, 6.45) is 0.679. The monoisotopic (exact) mass is 431 g/mol. The summed E-state index contributed by atoms with van der Waals surface area (Å²) in [5, 5.41) is 25.3. The third kappa shape index (κ3) is 11.3. The molecule has 0 saturated heterocycles. The largest absolute Gasteiger partial charge is 0.481 e. The highest BCUT2D eigenvalue weighted by Crippen LogP contribution is 2.08. The molecule has 3 unspecified atom stereocenters. The van der Waals surface area contributed by atoms with E-state index in [1.807, 2.05) is 0 Å². The molecule has 0 saturated carbocycles. The smallest absolute Gasteiger partial charge is 0.326 e. The zero-order chi connectivity index (χ0) is 23.3. The second-order valence-electron chi connectivity index (χ2n) is 7.30. The summed E-state index contributed by atoms with van der Waals surface area (Å²) < 4.78 is 0. The molecule has 12 nitrogen and oxygen atoms in total. The Balaban J connectivity index is 5.37. The highest BCUT2D eigenvalue weighted by molar-refractivity contribution is 5.95. The number of hydrogen-bond donors (Lipinski definition) is 7. The van der Waals surface area contributed by atoms with Gasteiger partial charge in [0.25, 0.3) is 0 Å². The molecule has 0 rings (SSSR count). The molecule has 0 bridgehead atoms. The number of carbonyl (C=O) groups is 5. The van der Waals surface area contributed by atoms with Crippen molar-refractivity contribution >= 4 is 29.7 Å². The lowest BCUT2D eigenvalue weighted by Gasteiger charge is -2.24. The van der Waals surface area contributed by atoms with Gasteiger partial charge >= 0.3 is 11.9 Å². The number of nitrogens with one attached hydrogen (secondary N) is 3. The summed E-state index contributed by atoms with van der Waals surface area (Å²) in [7, 11) is 0. The van der Waals surface area contributed by atoms with Crippen molar-refractivity contribution < 1.29 is 34.2 Å². The minimum Gasteiger partial charge on any atom is -0.481 e. The van der Waals surface area contributed by atoms with Gasteiger partial charge in [-0.1, -0.05) is 13.8 Å². The molecule has 0 aromatic rings. The van der Waals surface area contributed by atoms with Gasteiger partial charge in [0.2, 0.25) is 17.7 Å². The molecule has 0 aliphatic heterocycles. The van der Waals surface area contributed by atoms with E-state index in [1.165, 1.54) is 0 Å². The number of carboxylic acids is 2. The van der Waals surface area contributed by atoms with E-state index in [0.29, 0.717) is 19.4 Å². The van der Waals surface area contributed by atoms with Gasteiger partial charge in [-0.15, -0.1) is 0 Å². The summed E-state index contributed by atoms with van der Waals surface area (Å²) in [6, 6.07) is -3.70. The fourth-order valence-corrected chi connectivity index (χ4v) is 2.64. The van der Waals surface area contributed by atoms with E-state index in [0.717, 1.165) is 0 Å². The molecule has 3 atom stereocenters. The SMILES string of the molecule is CC(C)CC(NC(=O)C(CCCCN)NC(=O)C(CC(=O)O)NC(=O)CN)C(=O)O. The predicted octanol–water partition coefficient (Wildman–Crippen LogP) is -1.87. The minimum absolute atomic E-state index is 0.00287.